The Kier molecular flexibility index (Phi) is 5.81. The zero-order chi connectivity index (χ0) is 15.9. The third-order valence-corrected chi connectivity index (χ3v) is 5.07. The first kappa shape index (κ1) is 16.2. The molecule has 3 rings (SSSR count). The Balaban J connectivity index is 2.02. The Morgan fingerprint density at radius 2 is 1.70 bits per heavy atom. The van der Waals surface area contributed by atoms with Gasteiger partial charge in [0.1, 0.15) is 0 Å². The van der Waals surface area contributed by atoms with Crippen molar-refractivity contribution in [2.45, 2.75) is 51.9 Å². The Bertz CT molecular complexity index is 700. The molecule has 0 amide bonds. The van der Waals surface area contributed by atoms with Crippen molar-refractivity contribution in [1.29, 1.82) is 0 Å². The van der Waals surface area contributed by atoms with E-state index in [1.807, 2.05) is 0 Å². The fourth-order valence-electron chi connectivity index (χ4n) is 3.00. The smallest absolute Gasteiger partial charge is 0.206 e. The number of aromatic nitrogens is 1. The number of rotatable bonds is 3. The minimum absolute atomic E-state index is 0.791. The molecule has 0 N–H and O–H groups in total. The average Bonchev–Trinajstić information content (AvgIpc) is 2.94. The van der Waals surface area contributed by atoms with E-state index in [0.29, 0.717) is 0 Å². The summed E-state index contributed by atoms with van der Waals surface area (Å²) in [5.74, 6) is 0. The second kappa shape index (κ2) is 8.25. The summed E-state index contributed by atoms with van der Waals surface area (Å²) in [6.45, 7) is 2.87. The quantitative estimate of drug-likeness (QED) is 0.752. The van der Waals surface area contributed by atoms with Crippen molar-refractivity contribution in [3.05, 3.63) is 40.5 Å². The summed E-state index contributed by atoms with van der Waals surface area (Å²) in [7, 11) is 0. The van der Waals surface area contributed by atoms with Gasteiger partial charge in [0.05, 0.1) is 5.69 Å². The summed E-state index contributed by atoms with van der Waals surface area (Å²) < 4.78 is 2.07. The van der Waals surface area contributed by atoms with Crippen LogP contribution in [-0.4, -0.2) is 16.9 Å². The highest BCUT2D eigenvalue weighted by Gasteiger charge is 2.10. The van der Waals surface area contributed by atoms with E-state index in [1.165, 1.54) is 43.4 Å². The molecule has 0 radical (unpaired) electrons. The van der Waals surface area contributed by atoms with Gasteiger partial charge in [0.25, 0.3) is 0 Å². The average molecular weight is 327 g/mol. The molecule has 0 saturated heterocycles. The van der Waals surface area contributed by atoms with Crippen molar-refractivity contribution in [2.24, 2.45) is 10.1 Å². The number of hydrogen-bond acceptors (Lipinski definition) is 3. The molecule has 0 bridgehead atoms. The van der Waals surface area contributed by atoms with Crippen molar-refractivity contribution in [1.82, 2.24) is 4.68 Å². The number of hydrogen-bond donors (Lipinski definition) is 0. The molecule has 0 spiro atoms. The van der Waals surface area contributed by atoms with E-state index in [0.717, 1.165) is 29.9 Å². The van der Waals surface area contributed by atoms with Gasteiger partial charge in [-0.15, -0.1) is 11.3 Å². The maximum Gasteiger partial charge on any atom is 0.206 e. The van der Waals surface area contributed by atoms with Crippen molar-refractivity contribution in [3.8, 4) is 11.3 Å². The van der Waals surface area contributed by atoms with Crippen LogP contribution in [0.15, 0.2) is 45.8 Å². The highest BCUT2D eigenvalue weighted by atomic mass is 32.1. The predicted molar refractivity (Wildman–Crippen MR) is 99.0 cm³/mol. The Morgan fingerprint density at radius 1 is 1.00 bits per heavy atom. The van der Waals surface area contributed by atoms with Gasteiger partial charge in [-0.1, -0.05) is 49.6 Å². The Labute approximate surface area is 142 Å². The Morgan fingerprint density at radius 3 is 2.39 bits per heavy atom. The van der Waals surface area contributed by atoms with Crippen molar-refractivity contribution >= 4 is 17.0 Å². The molecular formula is C19H25N3S. The molecule has 1 saturated carbocycles. The molecule has 4 heteroatoms. The van der Waals surface area contributed by atoms with Gasteiger partial charge in [0.2, 0.25) is 4.80 Å². The first-order valence-corrected chi connectivity index (χ1v) is 9.59. The van der Waals surface area contributed by atoms with E-state index in [9.17, 15) is 0 Å². The molecule has 0 atom stereocenters. The lowest BCUT2D eigenvalue weighted by atomic mass is 9.99. The summed E-state index contributed by atoms with van der Waals surface area (Å²) in [5, 5.41) is 7.20. The molecule has 122 valence electrons. The molecule has 1 aromatic heterocycles. The lowest BCUT2D eigenvalue weighted by Crippen LogP contribution is -2.15. The second-order valence-electron chi connectivity index (χ2n) is 5.99. The minimum Gasteiger partial charge on any atom is -0.258 e. The molecule has 1 heterocycles. The summed E-state index contributed by atoms with van der Waals surface area (Å²) in [4.78, 5) is 5.64. The molecular weight excluding hydrogens is 302 g/mol. The SMILES string of the molecule is CCN=c1scc(-c2ccccc2)n1N=C1CCCCCCC1. The third kappa shape index (κ3) is 4.20. The predicted octanol–water partition coefficient (Wildman–Crippen LogP) is 5.09. The lowest BCUT2D eigenvalue weighted by Gasteiger charge is -2.12. The maximum absolute atomic E-state index is 5.02. The van der Waals surface area contributed by atoms with Crippen LogP contribution >= 0.6 is 11.3 Å². The van der Waals surface area contributed by atoms with Crippen LogP contribution in [0.5, 0.6) is 0 Å². The fraction of sp³-hybridized carbons (Fsp3) is 0.474. The standard InChI is InChI=1S/C19H25N3S/c1-2-20-19-22(21-17-13-9-4-3-5-10-14-17)18(15-23-19)16-11-7-6-8-12-16/h6-8,11-12,15H,2-5,9-10,13-14H2,1H3. The zero-order valence-electron chi connectivity index (χ0n) is 13.9. The second-order valence-corrected chi connectivity index (χ2v) is 6.83. The lowest BCUT2D eigenvalue weighted by molar-refractivity contribution is 0.602. The van der Waals surface area contributed by atoms with Crippen LogP contribution in [0.4, 0.5) is 0 Å². The molecule has 1 aliphatic carbocycles. The van der Waals surface area contributed by atoms with E-state index < -0.39 is 0 Å². The number of benzene rings is 1. The number of thiazole rings is 1. The highest BCUT2D eigenvalue weighted by Crippen LogP contribution is 2.21. The van der Waals surface area contributed by atoms with Crippen LogP contribution < -0.4 is 4.80 Å². The van der Waals surface area contributed by atoms with E-state index >= 15 is 0 Å². The zero-order valence-corrected chi connectivity index (χ0v) is 14.7. The van der Waals surface area contributed by atoms with Crippen LogP contribution in [-0.2, 0) is 0 Å². The van der Waals surface area contributed by atoms with Crippen LogP contribution in [0.2, 0.25) is 0 Å². The van der Waals surface area contributed by atoms with Crippen molar-refractivity contribution in [3.63, 3.8) is 0 Å². The van der Waals surface area contributed by atoms with Crippen LogP contribution in [0.1, 0.15) is 51.9 Å². The van der Waals surface area contributed by atoms with Gasteiger partial charge in [-0.2, -0.15) is 5.10 Å². The topological polar surface area (TPSA) is 29.6 Å². The van der Waals surface area contributed by atoms with Gasteiger partial charge in [-0.05, 0) is 32.6 Å². The molecule has 1 aliphatic rings. The largest absolute Gasteiger partial charge is 0.258 e. The van der Waals surface area contributed by atoms with E-state index in [4.69, 9.17) is 5.10 Å². The van der Waals surface area contributed by atoms with Gasteiger partial charge >= 0.3 is 0 Å². The molecule has 1 aromatic carbocycles. The summed E-state index contributed by atoms with van der Waals surface area (Å²) in [5.41, 5.74) is 3.69. The van der Waals surface area contributed by atoms with Gasteiger partial charge in [-0.25, -0.2) is 4.68 Å². The van der Waals surface area contributed by atoms with Gasteiger partial charge in [0.15, 0.2) is 0 Å². The first-order chi connectivity index (χ1) is 11.4. The molecule has 0 unspecified atom stereocenters. The van der Waals surface area contributed by atoms with Crippen LogP contribution in [0.25, 0.3) is 11.3 Å². The highest BCUT2D eigenvalue weighted by molar-refractivity contribution is 7.07. The summed E-state index contributed by atoms with van der Waals surface area (Å²) in [6, 6.07) is 10.5. The van der Waals surface area contributed by atoms with E-state index in [-0.39, 0.29) is 0 Å². The monoisotopic (exact) mass is 327 g/mol. The fourth-order valence-corrected chi connectivity index (χ4v) is 3.90. The van der Waals surface area contributed by atoms with Crippen molar-refractivity contribution in [2.75, 3.05) is 6.54 Å². The number of nitrogens with zero attached hydrogens (tertiary/aromatic N) is 3. The van der Waals surface area contributed by atoms with Gasteiger partial charge in [0, 0.05) is 23.2 Å². The molecule has 3 nitrogen and oxygen atoms in total. The maximum atomic E-state index is 5.02. The van der Waals surface area contributed by atoms with E-state index in [1.54, 1.807) is 11.3 Å². The van der Waals surface area contributed by atoms with Crippen LogP contribution in [0.3, 0.4) is 0 Å². The summed E-state index contributed by atoms with van der Waals surface area (Å²) >= 11 is 1.68. The first-order valence-electron chi connectivity index (χ1n) is 8.71. The van der Waals surface area contributed by atoms with Gasteiger partial charge in [-0.3, -0.25) is 4.99 Å². The normalized spacial score (nSPS) is 16.9. The molecule has 0 aliphatic heterocycles. The van der Waals surface area contributed by atoms with Gasteiger partial charge < -0.3 is 0 Å². The van der Waals surface area contributed by atoms with Crippen molar-refractivity contribution < 1.29 is 0 Å². The molecule has 1 fully saturated rings. The Hall–Kier alpha value is -1.68. The molecule has 23 heavy (non-hydrogen) atoms. The van der Waals surface area contributed by atoms with Crippen LogP contribution in [0, 0.1) is 0 Å². The molecule has 2 aromatic rings. The van der Waals surface area contributed by atoms with E-state index in [2.05, 4.69) is 52.3 Å². The third-order valence-electron chi connectivity index (χ3n) is 4.22. The minimum atomic E-state index is 0.791. The summed E-state index contributed by atoms with van der Waals surface area (Å²) in [6.07, 6.45) is 8.85.